The van der Waals surface area contributed by atoms with Crippen LogP contribution in [0.2, 0.25) is 0 Å². The van der Waals surface area contributed by atoms with E-state index >= 15 is 0 Å². The van der Waals surface area contributed by atoms with Crippen LogP contribution < -0.4 is 11.5 Å². The van der Waals surface area contributed by atoms with Crippen LogP contribution in [0.25, 0.3) is 0 Å². The number of nitrogens with two attached hydrogens (primary N) is 2. The molecule has 4 N–H and O–H groups in total. The lowest BCUT2D eigenvalue weighted by Gasteiger charge is -2.27. The second-order valence-corrected chi connectivity index (χ2v) is 9.53. The highest BCUT2D eigenvalue weighted by Gasteiger charge is 2.31. The van der Waals surface area contributed by atoms with Crippen molar-refractivity contribution in [2.75, 3.05) is 26.4 Å². The maximum absolute atomic E-state index is 9.45. The molecule has 0 aliphatic rings. The van der Waals surface area contributed by atoms with Crippen molar-refractivity contribution in [1.82, 2.24) is 0 Å². The van der Waals surface area contributed by atoms with Gasteiger partial charge in [0.25, 0.3) is 0 Å². The zero-order valence-corrected chi connectivity index (χ0v) is 17.0. The second kappa shape index (κ2) is 13.3. The molecule has 138 valence electrons. The molecule has 0 saturated carbocycles. The first kappa shape index (κ1) is 25.3. The molecule has 13 heteroatoms. The summed E-state index contributed by atoms with van der Waals surface area (Å²) in [4.78, 5) is 18.9. The van der Waals surface area contributed by atoms with Gasteiger partial charge in [-0.3, -0.25) is 9.59 Å². The largest absolute Gasteiger partial charge is 0.361 e. The SMILES string of the molecule is CCOP(=S)(OCC)OP(=S)(OCC)OCC.NC(=O)C(N)=O. The molecule has 0 fully saturated rings. The molecule has 2 amide bonds. The van der Waals surface area contributed by atoms with E-state index in [0.29, 0.717) is 26.4 Å². The molecule has 0 heterocycles. The van der Waals surface area contributed by atoms with Crippen LogP contribution in [0.15, 0.2) is 0 Å². The van der Waals surface area contributed by atoms with Gasteiger partial charge in [-0.25, -0.2) is 4.31 Å². The van der Waals surface area contributed by atoms with Crippen LogP contribution in [0.1, 0.15) is 27.7 Å². The lowest BCUT2D eigenvalue weighted by Crippen LogP contribution is -2.29. The Kier molecular flexibility index (Phi) is 14.7. The van der Waals surface area contributed by atoms with Crippen LogP contribution in [0, 0.1) is 0 Å². The molecule has 0 rings (SSSR count). The maximum atomic E-state index is 9.45. The van der Waals surface area contributed by atoms with Gasteiger partial charge in [0.2, 0.25) is 0 Å². The van der Waals surface area contributed by atoms with E-state index in [1.165, 1.54) is 0 Å². The van der Waals surface area contributed by atoms with Gasteiger partial charge in [0.05, 0.1) is 26.4 Å². The number of hydrogen-bond donors (Lipinski definition) is 2. The maximum Gasteiger partial charge on any atom is 0.334 e. The first-order chi connectivity index (χ1) is 10.6. The van der Waals surface area contributed by atoms with Crippen LogP contribution in [0.4, 0.5) is 0 Å². The van der Waals surface area contributed by atoms with Crippen molar-refractivity contribution in [2.45, 2.75) is 27.7 Å². The monoisotopic (exact) mass is 410 g/mol. The van der Waals surface area contributed by atoms with Crippen molar-refractivity contribution >= 4 is 48.9 Å². The number of hydrogen-bond acceptors (Lipinski definition) is 9. The Hall–Kier alpha value is 0.0400. The fourth-order valence-electron chi connectivity index (χ4n) is 0.924. The molecule has 0 atom stereocenters. The second-order valence-electron chi connectivity index (χ2n) is 3.38. The summed E-state index contributed by atoms with van der Waals surface area (Å²) in [5.41, 5.74) is 8.64. The lowest BCUT2D eigenvalue weighted by atomic mass is 10.6. The van der Waals surface area contributed by atoms with Crippen LogP contribution >= 0.6 is 13.4 Å². The smallest absolute Gasteiger partial charge is 0.334 e. The fraction of sp³-hybridized carbons (Fsp3) is 0.800. The molecule has 0 aromatic rings. The van der Waals surface area contributed by atoms with Crippen LogP contribution in [-0.2, 0) is 55.6 Å². The van der Waals surface area contributed by atoms with E-state index in [-0.39, 0.29) is 0 Å². The van der Waals surface area contributed by atoms with Crippen molar-refractivity contribution in [2.24, 2.45) is 11.5 Å². The van der Waals surface area contributed by atoms with Gasteiger partial charge in [-0.05, 0) is 51.3 Å². The summed E-state index contributed by atoms with van der Waals surface area (Å²) >= 11 is 10.4. The van der Waals surface area contributed by atoms with E-state index in [1.807, 2.05) is 27.7 Å². The number of primary amides is 2. The highest BCUT2D eigenvalue weighted by Crippen LogP contribution is 2.66. The van der Waals surface area contributed by atoms with Gasteiger partial charge < -0.3 is 29.6 Å². The summed E-state index contributed by atoms with van der Waals surface area (Å²) in [6, 6.07) is 0. The van der Waals surface area contributed by atoms with Gasteiger partial charge in [-0.15, -0.1) is 0 Å². The van der Waals surface area contributed by atoms with Gasteiger partial charge in [0, 0.05) is 0 Å². The Morgan fingerprint density at radius 3 is 1.09 bits per heavy atom. The normalized spacial score (nSPS) is 11.5. The third-order valence-corrected chi connectivity index (χ3v) is 7.95. The Bertz CT molecular complexity index is 404. The van der Waals surface area contributed by atoms with Crippen molar-refractivity contribution in [3.63, 3.8) is 0 Å². The van der Waals surface area contributed by atoms with Crippen molar-refractivity contribution in [3.05, 3.63) is 0 Å². The van der Waals surface area contributed by atoms with E-state index in [1.54, 1.807) is 0 Å². The van der Waals surface area contributed by atoms with E-state index in [4.69, 9.17) is 46.0 Å². The Morgan fingerprint density at radius 1 is 0.739 bits per heavy atom. The molecular weight excluding hydrogens is 386 g/mol. The van der Waals surface area contributed by atoms with Gasteiger partial charge in [-0.1, -0.05) is 0 Å². The predicted molar refractivity (Wildman–Crippen MR) is 94.5 cm³/mol. The minimum Gasteiger partial charge on any atom is -0.361 e. The molecule has 0 aromatic carbocycles. The van der Waals surface area contributed by atoms with Crippen molar-refractivity contribution in [3.8, 4) is 0 Å². The van der Waals surface area contributed by atoms with E-state index in [9.17, 15) is 9.59 Å². The zero-order valence-electron chi connectivity index (χ0n) is 13.6. The Morgan fingerprint density at radius 2 is 0.957 bits per heavy atom. The average molecular weight is 410 g/mol. The Balaban J connectivity index is 0. The van der Waals surface area contributed by atoms with Crippen molar-refractivity contribution < 1.29 is 32.0 Å². The topological polar surface area (TPSA) is 132 Å². The molecule has 0 radical (unpaired) electrons. The summed E-state index contributed by atoms with van der Waals surface area (Å²) in [6.07, 6.45) is 0. The molecule has 0 unspecified atom stereocenters. The van der Waals surface area contributed by atoms with Gasteiger partial charge in [0.1, 0.15) is 0 Å². The minimum absolute atomic E-state index is 0.394. The number of amides is 2. The molecule has 9 nitrogen and oxygen atoms in total. The zero-order chi connectivity index (χ0) is 18.5. The third kappa shape index (κ3) is 13.1. The number of carbonyl (C=O) groups is 2. The standard InChI is InChI=1S/C8H20O5P2S2.C2H4N2O2/c1-5-9-14(16,10-6-2)13-15(17,11-7-3)12-8-4;3-1(5)2(4)6/h5-8H2,1-4H3;(H2,3,5)(H2,4,6). The molecule has 0 aliphatic heterocycles. The highest BCUT2D eigenvalue weighted by atomic mass is 32.5. The highest BCUT2D eigenvalue weighted by molar-refractivity contribution is 8.14. The van der Waals surface area contributed by atoms with Crippen LogP contribution in [0.3, 0.4) is 0 Å². The van der Waals surface area contributed by atoms with Gasteiger partial charge >= 0.3 is 25.3 Å². The Labute approximate surface area is 146 Å². The molecule has 0 saturated heterocycles. The minimum atomic E-state index is -2.87. The first-order valence-electron chi connectivity index (χ1n) is 6.68. The van der Waals surface area contributed by atoms with E-state index in [2.05, 4.69) is 11.5 Å². The summed E-state index contributed by atoms with van der Waals surface area (Å²) in [5.74, 6) is -2.20. The molecular formula is C10H24N2O7P2S2. The average Bonchev–Trinajstić information content (AvgIpc) is 2.39. The lowest BCUT2D eigenvalue weighted by molar-refractivity contribution is -0.135. The predicted octanol–water partition coefficient (Wildman–Crippen LogP) is 1.55. The van der Waals surface area contributed by atoms with E-state index in [0.717, 1.165) is 0 Å². The number of carbonyl (C=O) groups excluding carboxylic acids is 2. The van der Waals surface area contributed by atoms with Crippen molar-refractivity contribution in [1.29, 1.82) is 0 Å². The van der Waals surface area contributed by atoms with Gasteiger partial charge in [-0.2, -0.15) is 0 Å². The van der Waals surface area contributed by atoms with Crippen LogP contribution in [-0.4, -0.2) is 38.2 Å². The number of rotatable bonds is 10. The molecule has 0 bridgehead atoms. The fourth-order valence-corrected chi connectivity index (χ4v) is 7.30. The third-order valence-electron chi connectivity index (χ3n) is 1.59. The van der Waals surface area contributed by atoms with Crippen LogP contribution in [0.5, 0.6) is 0 Å². The van der Waals surface area contributed by atoms with E-state index < -0.39 is 25.3 Å². The quantitative estimate of drug-likeness (QED) is 0.406. The molecule has 23 heavy (non-hydrogen) atoms. The summed E-state index contributed by atoms with van der Waals surface area (Å²) in [6.45, 7) is 3.09. The van der Waals surface area contributed by atoms with Gasteiger partial charge in [0.15, 0.2) is 0 Å². The molecule has 0 aromatic heterocycles. The summed E-state index contributed by atoms with van der Waals surface area (Å²) in [5, 5.41) is 0. The first-order valence-corrected chi connectivity index (χ1v) is 11.8. The summed E-state index contributed by atoms with van der Waals surface area (Å²) in [7, 11) is 0. The molecule has 0 aliphatic carbocycles. The molecule has 0 spiro atoms. The summed E-state index contributed by atoms with van der Waals surface area (Å²) < 4.78 is 26.9.